The van der Waals surface area contributed by atoms with Crippen LogP contribution in [0.3, 0.4) is 0 Å². The summed E-state index contributed by atoms with van der Waals surface area (Å²) in [5.41, 5.74) is 0. The second kappa shape index (κ2) is 12.3. The van der Waals surface area contributed by atoms with E-state index in [1.54, 1.807) is 12.3 Å². The molecule has 21 heavy (non-hydrogen) atoms. The molecule has 0 aliphatic heterocycles. The predicted molar refractivity (Wildman–Crippen MR) is 107 cm³/mol. The molecule has 0 aliphatic carbocycles. The summed E-state index contributed by atoms with van der Waals surface area (Å²) in [6, 6.07) is 0. The van der Waals surface area contributed by atoms with Gasteiger partial charge in [-0.2, -0.15) is 0 Å². The van der Waals surface area contributed by atoms with E-state index in [-0.39, 0.29) is 0 Å². The average Bonchev–Trinajstić information content (AvgIpc) is 2.24. The first-order valence-corrected chi connectivity index (χ1v) is 12.9. The highest BCUT2D eigenvalue weighted by Gasteiger charge is 2.15. The third kappa shape index (κ3) is 14.2. The van der Waals surface area contributed by atoms with Gasteiger partial charge >= 0.3 is 0 Å². The molecular weight excluding hydrogens is 290 g/mol. The van der Waals surface area contributed by atoms with Gasteiger partial charge in [0.2, 0.25) is 0 Å². The van der Waals surface area contributed by atoms with Gasteiger partial charge in [-0.3, -0.25) is 0 Å². The van der Waals surface area contributed by atoms with Gasteiger partial charge < -0.3 is 0 Å². The molecule has 2 heteroatoms. The van der Waals surface area contributed by atoms with E-state index in [9.17, 15) is 0 Å². The van der Waals surface area contributed by atoms with E-state index in [2.05, 4.69) is 55.4 Å². The van der Waals surface area contributed by atoms with Crippen LogP contribution in [0.5, 0.6) is 0 Å². The van der Waals surface area contributed by atoms with Gasteiger partial charge in [-0.05, 0) is 67.1 Å². The van der Waals surface area contributed by atoms with Crippen molar-refractivity contribution < 1.29 is 0 Å². The van der Waals surface area contributed by atoms with Crippen molar-refractivity contribution in [1.29, 1.82) is 0 Å². The van der Waals surface area contributed by atoms with Crippen molar-refractivity contribution >= 4 is 15.8 Å². The zero-order valence-electron chi connectivity index (χ0n) is 16.2. The zero-order valence-corrected chi connectivity index (χ0v) is 17.9. The van der Waals surface area contributed by atoms with Crippen LogP contribution < -0.4 is 0 Å². The Morgan fingerprint density at radius 2 is 0.714 bits per heavy atom. The van der Waals surface area contributed by atoms with Gasteiger partial charge in [-0.25, -0.2) is 0 Å². The maximum atomic E-state index is 2.40. The SMILES string of the molecule is CC(C)CP(CCCP(CC(C)C)CC(C)C)CC(C)C. The molecular formula is C19H42P2. The van der Waals surface area contributed by atoms with Crippen LogP contribution in [0.25, 0.3) is 0 Å². The molecule has 0 bridgehead atoms. The molecule has 0 rings (SSSR count). The molecule has 0 saturated heterocycles. The van der Waals surface area contributed by atoms with Crippen LogP contribution in [-0.4, -0.2) is 37.0 Å². The standard InChI is InChI=1S/C19H42P2/c1-16(2)12-20(13-17(3)4)10-9-11-21(14-18(5)6)15-19(7)8/h16-19H,9-15H2,1-8H3. The summed E-state index contributed by atoms with van der Waals surface area (Å²) in [6.45, 7) is 19.2. The fourth-order valence-corrected chi connectivity index (χ4v) is 9.72. The number of hydrogen-bond donors (Lipinski definition) is 0. The molecule has 0 aromatic carbocycles. The molecule has 0 atom stereocenters. The Bertz CT molecular complexity index is 190. The van der Waals surface area contributed by atoms with E-state index in [1.807, 2.05) is 0 Å². The van der Waals surface area contributed by atoms with Gasteiger partial charge in [-0.1, -0.05) is 55.4 Å². The van der Waals surface area contributed by atoms with E-state index in [0.717, 1.165) is 23.7 Å². The molecule has 0 amide bonds. The van der Waals surface area contributed by atoms with Crippen molar-refractivity contribution in [3.8, 4) is 0 Å². The summed E-state index contributed by atoms with van der Waals surface area (Å²) in [6.07, 6.45) is 10.6. The molecule has 0 N–H and O–H groups in total. The lowest BCUT2D eigenvalue weighted by Gasteiger charge is -2.25. The summed E-state index contributed by atoms with van der Waals surface area (Å²) in [7, 11) is 0.599. The van der Waals surface area contributed by atoms with E-state index in [1.165, 1.54) is 31.1 Å². The summed E-state index contributed by atoms with van der Waals surface area (Å²) >= 11 is 0. The van der Waals surface area contributed by atoms with Crippen LogP contribution >= 0.6 is 15.8 Å². The van der Waals surface area contributed by atoms with E-state index in [4.69, 9.17) is 0 Å². The minimum atomic E-state index is 0.299. The Morgan fingerprint density at radius 3 is 0.905 bits per heavy atom. The maximum Gasteiger partial charge on any atom is -0.0303 e. The van der Waals surface area contributed by atoms with Crippen molar-refractivity contribution in [3.05, 3.63) is 0 Å². The van der Waals surface area contributed by atoms with Crippen LogP contribution in [-0.2, 0) is 0 Å². The van der Waals surface area contributed by atoms with Crippen LogP contribution in [0, 0.1) is 23.7 Å². The summed E-state index contributed by atoms with van der Waals surface area (Å²) in [5, 5.41) is 0. The maximum absolute atomic E-state index is 2.40. The first-order chi connectivity index (χ1) is 9.70. The molecule has 0 fully saturated rings. The summed E-state index contributed by atoms with van der Waals surface area (Å²) in [5.74, 6) is 3.57. The zero-order chi connectivity index (χ0) is 16.4. The third-order valence-electron chi connectivity index (χ3n) is 3.44. The molecule has 0 nitrogen and oxygen atoms in total. The fraction of sp³-hybridized carbons (Fsp3) is 1.00. The predicted octanol–water partition coefficient (Wildman–Crippen LogP) is 6.96. The smallest absolute Gasteiger partial charge is 0.0303 e. The monoisotopic (exact) mass is 332 g/mol. The Balaban J connectivity index is 4.21. The van der Waals surface area contributed by atoms with Crippen molar-refractivity contribution in [2.24, 2.45) is 23.7 Å². The Hall–Kier alpha value is 0.860. The van der Waals surface area contributed by atoms with Gasteiger partial charge in [0.1, 0.15) is 0 Å². The lowest BCUT2D eigenvalue weighted by Crippen LogP contribution is -2.08. The normalized spacial score (nSPS) is 12.9. The molecule has 0 aromatic heterocycles. The largest absolute Gasteiger partial charge is 0.106 e. The van der Waals surface area contributed by atoms with E-state index >= 15 is 0 Å². The fourth-order valence-electron chi connectivity index (χ4n) is 3.10. The second-order valence-electron chi connectivity index (χ2n) is 8.45. The van der Waals surface area contributed by atoms with Crippen LogP contribution in [0.15, 0.2) is 0 Å². The molecule has 0 aliphatic rings. The molecule has 128 valence electrons. The summed E-state index contributed by atoms with van der Waals surface area (Å²) in [4.78, 5) is 0. The van der Waals surface area contributed by atoms with Gasteiger partial charge in [-0.15, -0.1) is 15.8 Å². The van der Waals surface area contributed by atoms with Gasteiger partial charge in [0.05, 0.1) is 0 Å². The second-order valence-corrected chi connectivity index (χ2v) is 13.5. The van der Waals surface area contributed by atoms with Crippen molar-refractivity contribution in [2.75, 3.05) is 37.0 Å². The number of rotatable bonds is 12. The summed E-state index contributed by atoms with van der Waals surface area (Å²) < 4.78 is 0. The average molecular weight is 332 g/mol. The first kappa shape index (κ1) is 21.9. The molecule has 0 spiro atoms. The highest BCUT2D eigenvalue weighted by atomic mass is 31.1. The lowest BCUT2D eigenvalue weighted by atomic mass is 10.3. The molecule has 0 saturated carbocycles. The van der Waals surface area contributed by atoms with Gasteiger partial charge in [0.25, 0.3) is 0 Å². The minimum Gasteiger partial charge on any atom is -0.106 e. The third-order valence-corrected chi connectivity index (χ3v) is 10.3. The van der Waals surface area contributed by atoms with E-state index < -0.39 is 0 Å². The van der Waals surface area contributed by atoms with E-state index in [0.29, 0.717) is 15.8 Å². The van der Waals surface area contributed by atoms with Crippen molar-refractivity contribution in [1.82, 2.24) is 0 Å². The minimum absolute atomic E-state index is 0.299. The first-order valence-electron chi connectivity index (χ1n) is 9.15. The van der Waals surface area contributed by atoms with Crippen LogP contribution in [0.2, 0.25) is 0 Å². The molecule has 0 unspecified atom stereocenters. The van der Waals surface area contributed by atoms with Crippen LogP contribution in [0.4, 0.5) is 0 Å². The lowest BCUT2D eigenvalue weighted by molar-refractivity contribution is 0.713. The molecule has 0 radical (unpaired) electrons. The Kier molecular flexibility index (Phi) is 12.8. The Morgan fingerprint density at radius 1 is 0.476 bits per heavy atom. The van der Waals surface area contributed by atoms with Crippen LogP contribution in [0.1, 0.15) is 61.8 Å². The van der Waals surface area contributed by atoms with Gasteiger partial charge in [0.15, 0.2) is 0 Å². The topological polar surface area (TPSA) is 0 Å². The van der Waals surface area contributed by atoms with Gasteiger partial charge in [0, 0.05) is 0 Å². The highest BCUT2D eigenvalue weighted by molar-refractivity contribution is 7.58. The van der Waals surface area contributed by atoms with Crippen molar-refractivity contribution in [3.63, 3.8) is 0 Å². The number of hydrogen-bond acceptors (Lipinski definition) is 0. The molecule has 0 heterocycles. The molecule has 0 aromatic rings. The highest BCUT2D eigenvalue weighted by Crippen LogP contribution is 2.44. The Labute approximate surface area is 138 Å². The van der Waals surface area contributed by atoms with Crippen molar-refractivity contribution in [2.45, 2.75) is 61.8 Å². The quantitative estimate of drug-likeness (QED) is 0.339.